The normalized spacial score (nSPS) is 13.9. The van der Waals surface area contributed by atoms with Gasteiger partial charge in [0.05, 0.1) is 12.1 Å². The van der Waals surface area contributed by atoms with Gasteiger partial charge in [0.1, 0.15) is 0 Å². The van der Waals surface area contributed by atoms with E-state index in [4.69, 9.17) is 0 Å². The Labute approximate surface area is 89.2 Å². The smallest absolute Gasteiger partial charge is 0.0765 e. The first-order valence-corrected chi connectivity index (χ1v) is 5.65. The van der Waals surface area contributed by atoms with Crippen molar-refractivity contribution < 1.29 is 0 Å². The average molecular weight is 198 g/mol. The SMILES string of the molecule is CCCCN=NC(C)(C)CC(C)(C)C. The molecule has 0 aliphatic carbocycles. The topological polar surface area (TPSA) is 24.7 Å². The van der Waals surface area contributed by atoms with Gasteiger partial charge in [0, 0.05) is 0 Å². The summed E-state index contributed by atoms with van der Waals surface area (Å²) in [6.45, 7) is 14.1. The van der Waals surface area contributed by atoms with Gasteiger partial charge in [0.25, 0.3) is 0 Å². The molecule has 0 rings (SSSR count). The van der Waals surface area contributed by atoms with Crippen LogP contribution in [-0.2, 0) is 0 Å². The number of rotatable bonds is 5. The molecule has 0 saturated heterocycles. The minimum atomic E-state index is -0.00795. The molecule has 0 radical (unpaired) electrons. The molecule has 0 aromatic heterocycles. The lowest BCUT2D eigenvalue weighted by Gasteiger charge is -2.27. The van der Waals surface area contributed by atoms with Crippen molar-refractivity contribution in [3.8, 4) is 0 Å². The molecule has 0 saturated carbocycles. The van der Waals surface area contributed by atoms with Gasteiger partial charge in [-0.25, -0.2) is 0 Å². The molecule has 0 unspecified atom stereocenters. The van der Waals surface area contributed by atoms with E-state index >= 15 is 0 Å². The van der Waals surface area contributed by atoms with E-state index in [0.29, 0.717) is 5.41 Å². The summed E-state index contributed by atoms with van der Waals surface area (Å²) in [5.74, 6) is 0. The van der Waals surface area contributed by atoms with Gasteiger partial charge in [-0.05, 0) is 32.1 Å². The predicted molar refractivity (Wildman–Crippen MR) is 62.8 cm³/mol. The van der Waals surface area contributed by atoms with E-state index < -0.39 is 0 Å². The van der Waals surface area contributed by atoms with E-state index in [1.165, 1.54) is 6.42 Å². The van der Waals surface area contributed by atoms with Crippen LogP contribution in [0.15, 0.2) is 10.2 Å². The monoisotopic (exact) mass is 198 g/mol. The molecule has 0 spiro atoms. The van der Waals surface area contributed by atoms with Crippen molar-refractivity contribution in [1.29, 1.82) is 0 Å². The Morgan fingerprint density at radius 3 is 2.00 bits per heavy atom. The summed E-state index contributed by atoms with van der Waals surface area (Å²) in [7, 11) is 0. The maximum absolute atomic E-state index is 4.40. The number of hydrogen-bond acceptors (Lipinski definition) is 2. The maximum Gasteiger partial charge on any atom is 0.0765 e. The first kappa shape index (κ1) is 13.6. The van der Waals surface area contributed by atoms with E-state index in [-0.39, 0.29) is 5.54 Å². The number of hydrogen-bond donors (Lipinski definition) is 0. The van der Waals surface area contributed by atoms with Crippen molar-refractivity contribution in [2.45, 2.75) is 66.3 Å². The van der Waals surface area contributed by atoms with Gasteiger partial charge in [0.15, 0.2) is 0 Å². The minimum absolute atomic E-state index is 0.00795. The summed E-state index contributed by atoms with van der Waals surface area (Å²) >= 11 is 0. The molecular weight excluding hydrogens is 172 g/mol. The Balaban J connectivity index is 4.00. The summed E-state index contributed by atoms with van der Waals surface area (Å²) in [5, 5.41) is 8.65. The summed E-state index contributed by atoms with van der Waals surface area (Å²) < 4.78 is 0. The van der Waals surface area contributed by atoms with Gasteiger partial charge in [-0.3, -0.25) is 0 Å². The molecule has 0 heterocycles. The number of azo groups is 1. The van der Waals surface area contributed by atoms with Gasteiger partial charge < -0.3 is 0 Å². The number of nitrogens with zero attached hydrogens (tertiary/aromatic N) is 2. The van der Waals surface area contributed by atoms with Crippen LogP contribution in [0, 0.1) is 5.41 Å². The fourth-order valence-corrected chi connectivity index (χ4v) is 1.80. The summed E-state index contributed by atoms with van der Waals surface area (Å²) in [6.07, 6.45) is 3.42. The summed E-state index contributed by atoms with van der Waals surface area (Å²) in [6, 6.07) is 0. The van der Waals surface area contributed by atoms with Gasteiger partial charge in [-0.2, -0.15) is 10.2 Å². The molecule has 2 heteroatoms. The molecule has 0 N–H and O–H groups in total. The highest BCUT2D eigenvalue weighted by Gasteiger charge is 2.24. The quantitative estimate of drug-likeness (QED) is 0.460. The van der Waals surface area contributed by atoms with Crippen LogP contribution in [0.5, 0.6) is 0 Å². The second-order valence-electron chi connectivity index (χ2n) is 5.87. The number of unbranched alkanes of at least 4 members (excludes halogenated alkanes) is 1. The van der Waals surface area contributed by atoms with Crippen LogP contribution in [0.2, 0.25) is 0 Å². The molecule has 0 bridgehead atoms. The highest BCUT2D eigenvalue weighted by atomic mass is 15.1. The lowest BCUT2D eigenvalue weighted by Crippen LogP contribution is -2.24. The Morgan fingerprint density at radius 1 is 1.00 bits per heavy atom. The maximum atomic E-state index is 4.40. The second kappa shape index (κ2) is 5.47. The molecule has 14 heavy (non-hydrogen) atoms. The highest BCUT2D eigenvalue weighted by molar-refractivity contribution is 4.81. The Hall–Kier alpha value is -0.400. The third kappa shape index (κ3) is 8.21. The molecule has 0 aromatic carbocycles. The van der Waals surface area contributed by atoms with Crippen molar-refractivity contribution >= 4 is 0 Å². The second-order valence-corrected chi connectivity index (χ2v) is 5.87. The zero-order valence-electron chi connectivity index (χ0n) is 10.7. The minimum Gasteiger partial charge on any atom is -0.194 e. The molecule has 0 fully saturated rings. The van der Waals surface area contributed by atoms with E-state index in [1.54, 1.807) is 0 Å². The first-order valence-electron chi connectivity index (χ1n) is 5.65. The van der Waals surface area contributed by atoms with Gasteiger partial charge in [0.2, 0.25) is 0 Å². The van der Waals surface area contributed by atoms with Gasteiger partial charge >= 0.3 is 0 Å². The largest absolute Gasteiger partial charge is 0.194 e. The van der Waals surface area contributed by atoms with E-state index in [1.807, 2.05) is 0 Å². The fourth-order valence-electron chi connectivity index (χ4n) is 1.80. The van der Waals surface area contributed by atoms with Crippen LogP contribution >= 0.6 is 0 Å². The summed E-state index contributed by atoms with van der Waals surface area (Å²) in [4.78, 5) is 0. The molecule has 84 valence electrons. The molecule has 0 aliphatic heterocycles. The van der Waals surface area contributed by atoms with E-state index in [2.05, 4.69) is 51.8 Å². The zero-order valence-corrected chi connectivity index (χ0v) is 10.7. The van der Waals surface area contributed by atoms with E-state index in [9.17, 15) is 0 Å². The van der Waals surface area contributed by atoms with Crippen LogP contribution in [0.4, 0.5) is 0 Å². The lowest BCUT2D eigenvalue weighted by molar-refractivity contribution is 0.279. The highest BCUT2D eigenvalue weighted by Crippen LogP contribution is 2.29. The molecule has 0 aliphatic rings. The average Bonchev–Trinajstić information content (AvgIpc) is 1.93. The molecule has 0 atom stereocenters. The summed E-state index contributed by atoms with van der Waals surface area (Å²) in [5.41, 5.74) is 0.319. The van der Waals surface area contributed by atoms with Gasteiger partial charge in [-0.15, -0.1) is 0 Å². The van der Waals surface area contributed by atoms with Crippen LogP contribution in [0.3, 0.4) is 0 Å². The molecule has 0 amide bonds. The molecular formula is C12H26N2. The van der Waals surface area contributed by atoms with Crippen molar-refractivity contribution in [3.63, 3.8) is 0 Å². The van der Waals surface area contributed by atoms with Crippen LogP contribution in [0.1, 0.15) is 60.8 Å². The van der Waals surface area contributed by atoms with Crippen LogP contribution < -0.4 is 0 Å². The molecule has 0 aromatic rings. The van der Waals surface area contributed by atoms with Crippen LogP contribution in [-0.4, -0.2) is 12.1 Å². The van der Waals surface area contributed by atoms with Crippen molar-refractivity contribution in [2.24, 2.45) is 15.6 Å². The Morgan fingerprint density at radius 2 is 1.57 bits per heavy atom. The first-order chi connectivity index (χ1) is 6.27. The fraction of sp³-hybridized carbons (Fsp3) is 1.00. The molecule has 2 nitrogen and oxygen atoms in total. The Bertz CT molecular complexity index is 175. The van der Waals surface area contributed by atoms with Crippen molar-refractivity contribution in [1.82, 2.24) is 0 Å². The predicted octanol–water partition coefficient (Wildman–Crippen LogP) is 4.45. The Kier molecular flexibility index (Phi) is 5.32. The third-order valence-corrected chi connectivity index (χ3v) is 1.92. The standard InChI is InChI=1S/C12H26N2/c1-7-8-9-13-14-12(5,6)10-11(2,3)4/h7-10H2,1-6H3. The zero-order chi connectivity index (χ0) is 11.2. The van der Waals surface area contributed by atoms with E-state index in [0.717, 1.165) is 19.4 Å². The third-order valence-electron chi connectivity index (χ3n) is 1.92. The van der Waals surface area contributed by atoms with Crippen molar-refractivity contribution in [3.05, 3.63) is 0 Å². The van der Waals surface area contributed by atoms with Gasteiger partial charge in [-0.1, -0.05) is 34.1 Å². The van der Waals surface area contributed by atoms with Crippen molar-refractivity contribution in [2.75, 3.05) is 6.54 Å². The van der Waals surface area contributed by atoms with Crippen LogP contribution in [0.25, 0.3) is 0 Å². The lowest BCUT2D eigenvalue weighted by atomic mass is 9.82.